The zero-order chi connectivity index (χ0) is 13.1. The van der Waals surface area contributed by atoms with Gasteiger partial charge in [-0.05, 0) is 51.3 Å². The average molecular weight is 247 g/mol. The number of rotatable bonds is 2. The molecule has 1 aliphatic rings. The second-order valence-corrected chi connectivity index (χ2v) is 5.17. The van der Waals surface area contributed by atoms with Crippen LogP contribution in [0.15, 0.2) is 18.3 Å². The van der Waals surface area contributed by atoms with Crippen LogP contribution in [0, 0.1) is 12.8 Å². The summed E-state index contributed by atoms with van der Waals surface area (Å²) < 4.78 is 0. The lowest BCUT2D eigenvalue weighted by Gasteiger charge is -2.37. The Kier molecular flexibility index (Phi) is 3.97. The molecule has 4 heteroatoms. The summed E-state index contributed by atoms with van der Waals surface area (Å²) in [6.07, 6.45) is 3.85. The lowest BCUT2D eigenvalue weighted by molar-refractivity contribution is 0.0566. The van der Waals surface area contributed by atoms with Gasteiger partial charge in [0.15, 0.2) is 0 Å². The molecule has 18 heavy (non-hydrogen) atoms. The molecule has 1 aromatic heterocycles. The Labute approximate surface area is 108 Å². The molecule has 98 valence electrons. The van der Waals surface area contributed by atoms with Crippen LogP contribution in [0.3, 0.4) is 0 Å². The molecule has 0 radical (unpaired) electrons. The Hall–Kier alpha value is -1.42. The normalized spacial score (nSPS) is 24.1. The van der Waals surface area contributed by atoms with Crippen LogP contribution in [0.4, 0.5) is 0 Å². The fraction of sp³-hybridized carbons (Fsp3) is 0.571. The first-order chi connectivity index (χ1) is 8.61. The predicted octanol–water partition coefficient (Wildman–Crippen LogP) is 1.59. The molecule has 2 N–H and O–H groups in total. The Morgan fingerprint density at radius 1 is 1.56 bits per heavy atom. The van der Waals surface area contributed by atoms with E-state index in [1.54, 1.807) is 12.3 Å². The Bertz CT molecular complexity index is 433. The maximum Gasteiger partial charge on any atom is 0.254 e. The van der Waals surface area contributed by atoms with E-state index in [1.165, 1.54) is 0 Å². The van der Waals surface area contributed by atoms with E-state index in [2.05, 4.69) is 11.9 Å². The number of amides is 1. The van der Waals surface area contributed by atoms with Crippen molar-refractivity contribution in [2.45, 2.75) is 32.7 Å². The molecule has 0 spiro atoms. The zero-order valence-electron chi connectivity index (χ0n) is 11.1. The first-order valence-electron chi connectivity index (χ1n) is 6.55. The highest BCUT2D eigenvalue weighted by molar-refractivity contribution is 5.94. The third-order valence-electron chi connectivity index (χ3n) is 3.72. The maximum absolute atomic E-state index is 12.5. The van der Waals surface area contributed by atoms with Crippen molar-refractivity contribution in [1.82, 2.24) is 9.88 Å². The minimum Gasteiger partial charge on any atom is -0.336 e. The van der Waals surface area contributed by atoms with Gasteiger partial charge in [-0.1, -0.05) is 0 Å². The van der Waals surface area contributed by atoms with E-state index in [0.717, 1.165) is 30.6 Å². The largest absolute Gasteiger partial charge is 0.336 e. The van der Waals surface area contributed by atoms with Crippen molar-refractivity contribution in [1.29, 1.82) is 0 Å². The lowest BCUT2D eigenvalue weighted by atomic mass is 9.93. The molecule has 2 unspecified atom stereocenters. The highest BCUT2D eigenvalue weighted by Crippen LogP contribution is 2.23. The highest BCUT2D eigenvalue weighted by Gasteiger charge is 2.28. The van der Waals surface area contributed by atoms with Crippen molar-refractivity contribution >= 4 is 5.91 Å². The molecule has 2 heterocycles. The summed E-state index contributed by atoms with van der Waals surface area (Å²) in [5.41, 5.74) is 7.33. The van der Waals surface area contributed by atoms with Gasteiger partial charge < -0.3 is 10.6 Å². The van der Waals surface area contributed by atoms with Gasteiger partial charge in [-0.15, -0.1) is 0 Å². The molecule has 1 amide bonds. The molecular weight excluding hydrogens is 226 g/mol. The van der Waals surface area contributed by atoms with E-state index < -0.39 is 0 Å². The monoisotopic (exact) mass is 247 g/mol. The number of hydrogen-bond acceptors (Lipinski definition) is 3. The van der Waals surface area contributed by atoms with Gasteiger partial charge in [-0.2, -0.15) is 0 Å². The summed E-state index contributed by atoms with van der Waals surface area (Å²) in [5, 5.41) is 0. The number of carbonyl (C=O) groups is 1. The van der Waals surface area contributed by atoms with Crippen molar-refractivity contribution < 1.29 is 4.79 Å². The summed E-state index contributed by atoms with van der Waals surface area (Å²) in [6.45, 7) is 5.45. The van der Waals surface area contributed by atoms with E-state index in [1.807, 2.05) is 17.9 Å². The molecule has 1 saturated heterocycles. The molecule has 1 aliphatic heterocycles. The van der Waals surface area contributed by atoms with E-state index >= 15 is 0 Å². The quantitative estimate of drug-likeness (QED) is 0.863. The van der Waals surface area contributed by atoms with Gasteiger partial charge in [-0.3, -0.25) is 9.78 Å². The maximum atomic E-state index is 12.5. The van der Waals surface area contributed by atoms with Crippen molar-refractivity contribution in [2.24, 2.45) is 11.7 Å². The van der Waals surface area contributed by atoms with Gasteiger partial charge in [0, 0.05) is 30.0 Å². The van der Waals surface area contributed by atoms with Crippen LogP contribution in [-0.4, -0.2) is 34.9 Å². The second-order valence-electron chi connectivity index (χ2n) is 5.17. The molecule has 2 atom stereocenters. The van der Waals surface area contributed by atoms with E-state index in [0.29, 0.717) is 18.5 Å². The molecular formula is C14H21N3O. The molecule has 2 rings (SSSR count). The zero-order valence-corrected chi connectivity index (χ0v) is 11.1. The molecule has 1 aromatic rings. The Balaban J connectivity index is 2.16. The molecule has 0 aliphatic carbocycles. The Morgan fingerprint density at radius 2 is 2.33 bits per heavy atom. The number of nitrogens with zero attached hydrogens (tertiary/aromatic N) is 2. The summed E-state index contributed by atoms with van der Waals surface area (Å²) in [5.74, 6) is 0.541. The third kappa shape index (κ3) is 2.70. The van der Waals surface area contributed by atoms with Gasteiger partial charge in [0.25, 0.3) is 5.91 Å². The second kappa shape index (κ2) is 5.48. The summed E-state index contributed by atoms with van der Waals surface area (Å²) in [4.78, 5) is 18.6. The number of hydrogen-bond donors (Lipinski definition) is 1. The van der Waals surface area contributed by atoms with Crippen molar-refractivity contribution in [3.63, 3.8) is 0 Å². The SMILES string of the molecule is Cc1cc(C(=O)N2CC(CN)CCC2C)ccn1. The van der Waals surface area contributed by atoms with Crippen LogP contribution in [-0.2, 0) is 0 Å². The Morgan fingerprint density at radius 3 is 3.00 bits per heavy atom. The predicted molar refractivity (Wildman–Crippen MR) is 71.3 cm³/mol. The van der Waals surface area contributed by atoms with Crippen LogP contribution in [0.2, 0.25) is 0 Å². The van der Waals surface area contributed by atoms with Crippen LogP contribution in [0.25, 0.3) is 0 Å². The first kappa shape index (κ1) is 13.0. The average Bonchev–Trinajstić information content (AvgIpc) is 2.38. The van der Waals surface area contributed by atoms with E-state index in [-0.39, 0.29) is 5.91 Å². The van der Waals surface area contributed by atoms with Crippen molar-refractivity contribution in [3.8, 4) is 0 Å². The van der Waals surface area contributed by atoms with Gasteiger partial charge in [0.1, 0.15) is 0 Å². The number of nitrogens with two attached hydrogens (primary N) is 1. The molecule has 0 saturated carbocycles. The minimum absolute atomic E-state index is 0.103. The van der Waals surface area contributed by atoms with Gasteiger partial charge in [0.05, 0.1) is 0 Å². The molecule has 0 bridgehead atoms. The van der Waals surface area contributed by atoms with Crippen LogP contribution >= 0.6 is 0 Å². The minimum atomic E-state index is 0.103. The number of aromatic nitrogens is 1. The summed E-state index contributed by atoms with van der Waals surface area (Å²) >= 11 is 0. The number of carbonyl (C=O) groups excluding carboxylic acids is 1. The van der Waals surface area contributed by atoms with Crippen LogP contribution in [0.1, 0.15) is 35.8 Å². The topological polar surface area (TPSA) is 59.2 Å². The number of likely N-dealkylation sites (tertiary alicyclic amines) is 1. The number of aryl methyl sites for hydroxylation is 1. The van der Waals surface area contributed by atoms with Gasteiger partial charge in [0.2, 0.25) is 0 Å². The smallest absolute Gasteiger partial charge is 0.254 e. The molecule has 1 fully saturated rings. The van der Waals surface area contributed by atoms with Gasteiger partial charge >= 0.3 is 0 Å². The molecule has 4 nitrogen and oxygen atoms in total. The third-order valence-corrected chi connectivity index (χ3v) is 3.72. The molecule has 0 aromatic carbocycles. The fourth-order valence-corrected chi connectivity index (χ4v) is 2.50. The van der Waals surface area contributed by atoms with Crippen LogP contribution in [0.5, 0.6) is 0 Å². The fourth-order valence-electron chi connectivity index (χ4n) is 2.50. The highest BCUT2D eigenvalue weighted by atomic mass is 16.2. The van der Waals surface area contributed by atoms with Crippen molar-refractivity contribution in [2.75, 3.05) is 13.1 Å². The first-order valence-corrected chi connectivity index (χ1v) is 6.55. The summed E-state index contributed by atoms with van der Waals surface area (Å²) in [7, 11) is 0. The van der Waals surface area contributed by atoms with E-state index in [4.69, 9.17) is 5.73 Å². The lowest BCUT2D eigenvalue weighted by Crippen LogP contribution is -2.47. The van der Waals surface area contributed by atoms with Crippen LogP contribution < -0.4 is 5.73 Å². The standard InChI is InChI=1S/C14H21N3O/c1-10-7-13(5-6-16-10)14(18)17-9-12(8-15)4-3-11(17)2/h5-7,11-12H,3-4,8-9,15H2,1-2H3. The van der Waals surface area contributed by atoms with Gasteiger partial charge in [-0.25, -0.2) is 0 Å². The van der Waals surface area contributed by atoms with E-state index in [9.17, 15) is 4.79 Å². The number of pyridine rings is 1. The van der Waals surface area contributed by atoms with Crippen molar-refractivity contribution in [3.05, 3.63) is 29.6 Å². The number of piperidine rings is 1. The summed E-state index contributed by atoms with van der Waals surface area (Å²) in [6, 6.07) is 3.93.